The van der Waals surface area contributed by atoms with Gasteiger partial charge in [-0.3, -0.25) is 9.36 Å². The highest BCUT2D eigenvalue weighted by atomic mass is 35.5. The quantitative estimate of drug-likeness (QED) is 0.563. The van der Waals surface area contributed by atoms with Gasteiger partial charge >= 0.3 is 0 Å². The predicted molar refractivity (Wildman–Crippen MR) is 111 cm³/mol. The van der Waals surface area contributed by atoms with Gasteiger partial charge < -0.3 is 15.2 Å². The fraction of sp³-hybridized carbons (Fsp3) is 0.200. The number of nitrogens with two attached hydrogens (primary N) is 1. The van der Waals surface area contributed by atoms with Crippen LogP contribution in [-0.4, -0.2) is 23.7 Å². The molecule has 0 fully saturated rings. The zero-order chi connectivity index (χ0) is 20.5. The Balaban J connectivity index is 2.25. The van der Waals surface area contributed by atoms with Crippen molar-refractivity contribution in [2.24, 2.45) is 5.73 Å². The lowest BCUT2D eigenvalue weighted by Gasteiger charge is -2.27. The van der Waals surface area contributed by atoms with Crippen LogP contribution in [0.5, 0.6) is 0 Å². The van der Waals surface area contributed by atoms with E-state index in [1.807, 2.05) is 19.1 Å². The van der Waals surface area contributed by atoms with Crippen molar-refractivity contribution < 1.29 is 13.9 Å². The standard InChI is InChI=1S/C20H19ClN3O3P/c1-12-8-13(4-3-7-22)10-15(9-12)28(26,27-2)19-16-11-14(21)5-6-17(16)24-18(19)20(23)25/h3-6,8,10-11,15,24H,9H2,1-2H3,(H2,23,25)/b4-3+/t15?,28-/m1/s1. The summed E-state index contributed by atoms with van der Waals surface area (Å²) in [5, 5.41) is 10.0. The molecule has 1 heterocycles. The van der Waals surface area contributed by atoms with Gasteiger partial charge in [0, 0.05) is 29.1 Å². The highest BCUT2D eigenvalue weighted by molar-refractivity contribution is 7.68. The van der Waals surface area contributed by atoms with Crippen LogP contribution in [0.1, 0.15) is 23.8 Å². The fourth-order valence-corrected chi connectivity index (χ4v) is 6.35. The molecule has 2 aromatic rings. The summed E-state index contributed by atoms with van der Waals surface area (Å²) in [6, 6.07) is 6.97. The molecule has 1 aromatic carbocycles. The molecule has 0 aliphatic heterocycles. The van der Waals surface area contributed by atoms with Gasteiger partial charge in [-0.05, 0) is 43.2 Å². The summed E-state index contributed by atoms with van der Waals surface area (Å²) in [5.74, 6) is -0.726. The number of primary amides is 1. The number of nitrogens with zero attached hydrogens (tertiary/aromatic N) is 1. The Morgan fingerprint density at radius 3 is 2.89 bits per heavy atom. The van der Waals surface area contributed by atoms with Crippen molar-refractivity contribution in [2.75, 3.05) is 7.11 Å². The van der Waals surface area contributed by atoms with E-state index in [1.54, 1.807) is 30.4 Å². The number of carbonyl (C=O) groups excluding carboxylic acids is 1. The van der Waals surface area contributed by atoms with Crippen molar-refractivity contribution in [3.63, 3.8) is 0 Å². The molecule has 1 aliphatic rings. The van der Waals surface area contributed by atoms with Crippen LogP contribution in [-0.2, 0) is 9.09 Å². The molecule has 0 radical (unpaired) electrons. The number of carbonyl (C=O) groups is 1. The molecule has 28 heavy (non-hydrogen) atoms. The van der Waals surface area contributed by atoms with E-state index in [1.165, 1.54) is 13.2 Å². The number of halogens is 1. The van der Waals surface area contributed by atoms with Crippen molar-refractivity contribution in [1.82, 2.24) is 4.98 Å². The number of fused-ring (bicyclic) bond motifs is 1. The molecule has 1 unspecified atom stereocenters. The van der Waals surface area contributed by atoms with Gasteiger partial charge in [0.2, 0.25) is 7.37 Å². The van der Waals surface area contributed by atoms with Crippen LogP contribution in [0.4, 0.5) is 0 Å². The molecule has 8 heteroatoms. The van der Waals surface area contributed by atoms with Gasteiger partial charge in [-0.2, -0.15) is 5.26 Å². The second-order valence-electron chi connectivity index (χ2n) is 6.57. The van der Waals surface area contributed by atoms with Crippen LogP contribution in [0, 0.1) is 11.3 Å². The van der Waals surface area contributed by atoms with Gasteiger partial charge in [0.25, 0.3) is 5.91 Å². The van der Waals surface area contributed by atoms with E-state index in [9.17, 15) is 9.36 Å². The summed E-state index contributed by atoms with van der Waals surface area (Å²) in [6.45, 7) is 1.92. The summed E-state index contributed by atoms with van der Waals surface area (Å²) in [6.07, 6.45) is 7.22. The molecule has 0 saturated carbocycles. The lowest BCUT2D eigenvalue weighted by Crippen LogP contribution is -2.26. The molecule has 1 amide bonds. The minimum Gasteiger partial charge on any atom is -0.364 e. The van der Waals surface area contributed by atoms with Crippen LogP contribution in [0.2, 0.25) is 5.02 Å². The first-order valence-electron chi connectivity index (χ1n) is 8.52. The number of nitriles is 1. The third-order valence-electron chi connectivity index (χ3n) is 4.68. The molecular weight excluding hydrogens is 397 g/mol. The summed E-state index contributed by atoms with van der Waals surface area (Å²) < 4.78 is 19.7. The molecule has 0 saturated heterocycles. The molecular formula is C20H19ClN3O3P. The van der Waals surface area contributed by atoms with E-state index >= 15 is 0 Å². The van der Waals surface area contributed by atoms with Gasteiger partial charge in [-0.1, -0.05) is 29.3 Å². The first kappa shape index (κ1) is 20.2. The predicted octanol–water partition coefficient (Wildman–Crippen LogP) is 4.19. The Kier molecular flexibility index (Phi) is 5.62. The third-order valence-corrected chi connectivity index (χ3v) is 7.75. The molecule has 2 atom stereocenters. The number of nitrogens with one attached hydrogen (secondary N) is 1. The molecule has 144 valence electrons. The maximum absolute atomic E-state index is 14.2. The zero-order valence-electron chi connectivity index (χ0n) is 15.4. The molecule has 3 N–H and O–H groups in total. The van der Waals surface area contributed by atoms with E-state index in [-0.39, 0.29) is 11.0 Å². The normalized spacial score (nSPS) is 19.1. The lowest BCUT2D eigenvalue weighted by atomic mass is 10.00. The van der Waals surface area contributed by atoms with Crippen LogP contribution >= 0.6 is 19.0 Å². The van der Waals surface area contributed by atoms with Gasteiger partial charge in [0.05, 0.1) is 17.0 Å². The average molecular weight is 416 g/mol. The second kappa shape index (κ2) is 7.81. The molecule has 0 spiro atoms. The van der Waals surface area contributed by atoms with Crippen LogP contribution in [0.3, 0.4) is 0 Å². The van der Waals surface area contributed by atoms with Gasteiger partial charge in [0.15, 0.2) is 0 Å². The summed E-state index contributed by atoms with van der Waals surface area (Å²) in [4.78, 5) is 15.0. The zero-order valence-corrected chi connectivity index (χ0v) is 17.1. The molecule has 6 nitrogen and oxygen atoms in total. The highest BCUT2D eigenvalue weighted by Gasteiger charge is 2.40. The number of aromatic nitrogens is 1. The number of rotatable bonds is 5. The van der Waals surface area contributed by atoms with E-state index < -0.39 is 18.9 Å². The first-order chi connectivity index (χ1) is 13.3. The molecule has 1 aliphatic carbocycles. The van der Waals surface area contributed by atoms with E-state index in [2.05, 4.69) is 4.98 Å². The van der Waals surface area contributed by atoms with Crippen molar-refractivity contribution in [3.8, 4) is 6.07 Å². The number of allylic oxidation sites excluding steroid dienone is 6. The van der Waals surface area contributed by atoms with Gasteiger partial charge in [-0.25, -0.2) is 0 Å². The number of amides is 1. The number of aromatic amines is 1. The van der Waals surface area contributed by atoms with Crippen LogP contribution in [0.25, 0.3) is 10.9 Å². The molecule has 3 rings (SSSR count). The largest absolute Gasteiger partial charge is 0.364 e. The van der Waals surface area contributed by atoms with Gasteiger partial charge in [0.1, 0.15) is 5.69 Å². The van der Waals surface area contributed by atoms with Crippen molar-refractivity contribution in [2.45, 2.75) is 19.0 Å². The Hall–Kier alpha value is -2.58. The molecule has 1 aromatic heterocycles. The first-order valence-corrected chi connectivity index (χ1v) is 10.6. The Bertz CT molecular complexity index is 1140. The number of hydrogen-bond donors (Lipinski definition) is 2. The maximum Gasteiger partial charge on any atom is 0.266 e. The minimum absolute atomic E-state index is 0.0529. The lowest BCUT2D eigenvalue weighted by molar-refractivity contribution is 0.0997. The van der Waals surface area contributed by atoms with Crippen molar-refractivity contribution in [1.29, 1.82) is 5.26 Å². The van der Waals surface area contributed by atoms with E-state index in [0.717, 1.165) is 11.1 Å². The van der Waals surface area contributed by atoms with Crippen LogP contribution in [0.15, 0.2) is 53.6 Å². The SMILES string of the molecule is CO[P@@](=O)(c1c(C(N)=O)[nH]c2ccc(Cl)cc12)C1C=C(/C=C/C#N)C=C(C)C1. The number of hydrogen-bond acceptors (Lipinski definition) is 4. The Morgan fingerprint density at radius 2 is 2.25 bits per heavy atom. The summed E-state index contributed by atoms with van der Waals surface area (Å²) in [5.41, 5.74) is 7.44. The van der Waals surface area contributed by atoms with Crippen molar-refractivity contribution in [3.05, 3.63) is 64.4 Å². The topological polar surface area (TPSA) is 109 Å². The number of H-pyrrole nitrogens is 1. The second-order valence-corrected chi connectivity index (χ2v) is 9.68. The Labute approximate surface area is 167 Å². The third kappa shape index (κ3) is 3.57. The summed E-state index contributed by atoms with van der Waals surface area (Å²) >= 11 is 6.14. The van der Waals surface area contributed by atoms with Crippen molar-refractivity contribution >= 4 is 41.1 Å². The van der Waals surface area contributed by atoms with Gasteiger partial charge in [-0.15, -0.1) is 0 Å². The monoisotopic (exact) mass is 415 g/mol. The maximum atomic E-state index is 14.2. The minimum atomic E-state index is -3.57. The Morgan fingerprint density at radius 1 is 1.50 bits per heavy atom. The van der Waals surface area contributed by atoms with E-state index in [0.29, 0.717) is 22.3 Å². The number of benzene rings is 1. The summed E-state index contributed by atoms with van der Waals surface area (Å²) in [7, 11) is -2.21. The highest BCUT2D eigenvalue weighted by Crippen LogP contribution is 2.56. The smallest absolute Gasteiger partial charge is 0.266 e. The molecule has 0 bridgehead atoms. The average Bonchev–Trinajstić information content (AvgIpc) is 3.04. The van der Waals surface area contributed by atoms with E-state index in [4.69, 9.17) is 27.1 Å². The fourth-order valence-electron chi connectivity index (χ4n) is 3.50. The van der Waals surface area contributed by atoms with Crippen LogP contribution < -0.4 is 11.0 Å².